The molecule has 0 bridgehead atoms. The highest BCUT2D eigenvalue weighted by Crippen LogP contribution is 2.59. The van der Waals surface area contributed by atoms with Gasteiger partial charge in [-0.3, -0.25) is 4.79 Å². The van der Waals surface area contributed by atoms with Gasteiger partial charge in [-0.15, -0.1) is 0 Å². The van der Waals surface area contributed by atoms with Gasteiger partial charge in [-0.05, 0) is 40.6 Å². The molecule has 2 fully saturated rings. The first-order chi connectivity index (χ1) is 9.14. The van der Waals surface area contributed by atoms with E-state index in [0.29, 0.717) is 0 Å². The van der Waals surface area contributed by atoms with E-state index < -0.39 is 0 Å². The van der Waals surface area contributed by atoms with E-state index in [1.165, 1.54) is 7.11 Å². The van der Waals surface area contributed by atoms with Crippen LogP contribution in [0.4, 0.5) is 5.95 Å². The molecule has 1 aliphatic carbocycles. The second kappa shape index (κ2) is 4.74. The molecule has 6 heteroatoms. The number of halogens is 1. The fraction of sp³-hybridized carbons (Fsp3) is 0.615. The van der Waals surface area contributed by atoms with Crippen LogP contribution in [0.5, 0.6) is 0 Å². The number of anilines is 1. The van der Waals surface area contributed by atoms with Crippen LogP contribution in [0.3, 0.4) is 0 Å². The average molecular weight is 326 g/mol. The van der Waals surface area contributed by atoms with Gasteiger partial charge >= 0.3 is 5.97 Å². The van der Waals surface area contributed by atoms with Gasteiger partial charge in [0.15, 0.2) is 0 Å². The minimum atomic E-state index is -0.0478. The molecule has 1 atom stereocenters. The minimum absolute atomic E-state index is 0.0478. The normalized spacial score (nSPS) is 24.3. The molecule has 0 N–H and O–H groups in total. The molecule has 1 aromatic rings. The van der Waals surface area contributed by atoms with Crippen LogP contribution in [-0.4, -0.2) is 36.1 Å². The van der Waals surface area contributed by atoms with Crippen molar-refractivity contribution in [3.63, 3.8) is 0 Å². The number of methoxy groups -OCH3 is 1. The van der Waals surface area contributed by atoms with Crippen molar-refractivity contribution in [2.24, 2.45) is 11.3 Å². The fourth-order valence-electron chi connectivity index (χ4n) is 3.00. The summed E-state index contributed by atoms with van der Waals surface area (Å²) in [6, 6.07) is 0. The largest absolute Gasteiger partial charge is 0.469 e. The molecule has 2 aliphatic rings. The van der Waals surface area contributed by atoms with Crippen LogP contribution in [0.15, 0.2) is 16.9 Å². The summed E-state index contributed by atoms with van der Waals surface area (Å²) >= 11 is 3.33. The van der Waals surface area contributed by atoms with E-state index in [4.69, 9.17) is 4.74 Å². The summed E-state index contributed by atoms with van der Waals surface area (Å²) in [5, 5.41) is 0. The molecule has 19 heavy (non-hydrogen) atoms. The maximum absolute atomic E-state index is 11.6. The molecule has 3 rings (SSSR count). The molecule has 1 saturated carbocycles. The predicted molar refractivity (Wildman–Crippen MR) is 73.7 cm³/mol. The quantitative estimate of drug-likeness (QED) is 0.778. The van der Waals surface area contributed by atoms with E-state index in [-0.39, 0.29) is 17.3 Å². The van der Waals surface area contributed by atoms with Crippen molar-refractivity contribution in [1.82, 2.24) is 9.97 Å². The van der Waals surface area contributed by atoms with Crippen molar-refractivity contribution in [3.8, 4) is 0 Å². The number of nitrogens with zero attached hydrogens (tertiary/aromatic N) is 3. The van der Waals surface area contributed by atoms with Crippen LogP contribution in [0.2, 0.25) is 0 Å². The number of ether oxygens (including phenoxy) is 1. The van der Waals surface area contributed by atoms with E-state index in [9.17, 15) is 4.79 Å². The highest BCUT2D eigenvalue weighted by Gasteiger charge is 2.59. The number of hydrogen-bond acceptors (Lipinski definition) is 5. The third-order valence-electron chi connectivity index (χ3n) is 4.32. The Bertz CT molecular complexity index is 483. The van der Waals surface area contributed by atoms with Crippen LogP contribution in [0, 0.1) is 11.3 Å². The van der Waals surface area contributed by atoms with E-state index in [2.05, 4.69) is 30.8 Å². The number of esters is 1. The van der Waals surface area contributed by atoms with Crippen LogP contribution >= 0.6 is 15.9 Å². The van der Waals surface area contributed by atoms with E-state index in [0.717, 1.165) is 42.8 Å². The van der Waals surface area contributed by atoms with Gasteiger partial charge in [0, 0.05) is 25.5 Å². The zero-order chi connectivity index (χ0) is 13.5. The third kappa shape index (κ3) is 2.33. The number of piperidine rings is 1. The van der Waals surface area contributed by atoms with Crippen LogP contribution < -0.4 is 4.90 Å². The Balaban J connectivity index is 1.62. The molecule has 5 nitrogen and oxygen atoms in total. The van der Waals surface area contributed by atoms with Gasteiger partial charge in [0.1, 0.15) is 0 Å². The van der Waals surface area contributed by atoms with Crippen LogP contribution in [0.1, 0.15) is 19.3 Å². The van der Waals surface area contributed by atoms with Crippen molar-refractivity contribution >= 4 is 27.8 Å². The Morgan fingerprint density at radius 1 is 1.42 bits per heavy atom. The molecule has 1 spiro atoms. The van der Waals surface area contributed by atoms with Crippen molar-refractivity contribution in [2.75, 3.05) is 25.1 Å². The van der Waals surface area contributed by atoms with Gasteiger partial charge < -0.3 is 9.64 Å². The number of carbonyl (C=O) groups is 1. The molecular weight excluding hydrogens is 310 g/mol. The molecule has 1 unspecified atom stereocenters. The lowest BCUT2D eigenvalue weighted by atomic mass is 9.91. The van der Waals surface area contributed by atoms with Crippen molar-refractivity contribution in [2.45, 2.75) is 19.3 Å². The zero-order valence-electron chi connectivity index (χ0n) is 10.8. The van der Waals surface area contributed by atoms with Gasteiger partial charge in [0.25, 0.3) is 0 Å². The Morgan fingerprint density at radius 2 is 2.05 bits per heavy atom. The monoisotopic (exact) mass is 325 g/mol. The third-order valence-corrected chi connectivity index (χ3v) is 4.73. The summed E-state index contributed by atoms with van der Waals surface area (Å²) in [7, 11) is 1.47. The molecule has 0 radical (unpaired) electrons. The summed E-state index contributed by atoms with van der Waals surface area (Å²) in [6.45, 7) is 1.82. The molecule has 102 valence electrons. The average Bonchev–Trinajstić information content (AvgIpc) is 3.14. The highest BCUT2D eigenvalue weighted by atomic mass is 79.9. The van der Waals surface area contributed by atoms with Crippen molar-refractivity contribution < 1.29 is 9.53 Å². The Morgan fingerprint density at radius 3 is 2.63 bits per heavy atom. The van der Waals surface area contributed by atoms with E-state index >= 15 is 0 Å². The number of rotatable bonds is 2. The smallest absolute Gasteiger partial charge is 0.309 e. The van der Waals surface area contributed by atoms with Gasteiger partial charge in [0.05, 0.1) is 17.5 Å². The summed E-state index contributed by atoms with van der Waals surface area (Å²) in [6.07, 6.45) is 6.55. The summed E-state index contributed by atoms with van der Waals surface area (Å²) < 4.78 is 5.73. The molecule has 0 amide bonds. The zero-order valence-corrected chi connectivity index (χ0v) is 12.4. The van der Waals surface area contributed by atoms with Gasteiger partial charge in [-0.1, -0.05) is 0 Å². The molecule has 1 saturated heterocycles. The maximum atomic E-state index is 11.6. The molecule has 0 aromatic carbocycles. The highest BCUT2D eigenvalue weighted by molar-refractivity contribution is 9.10. The van der Waals surface area contributed by atoms with Crippen LogP contribution in [0.25, 0.3) is 0 Å². The topological polar surface area (TPSA) is 55.3 Å². The van der Waals surface area contributed by atoms with Gasteiger partial charge in [0.2, 0.25) is 5.95 Å². The second-order valence-electron chi connectivity index (χ2n) is 5.33. The van der Waals surface area contributed by atoms with E-state index in [1.807, 2.05) is 0 Å². The second-order valence-corrected chi connectivity index (χ2v) is 6.25. The van der Waals surface area contributed by atoms with Gasteiger partial charge in [-0.25, -0.2) is 9.97 Å². The molecular formula is C13H16BrN3O2. The number of carbonyl (C=O) groups excluding carboxylic acids is 1. The predicted octanol–water partition coefficient (Wildman–Crippen LogP) is 2.02. The Kier molecular flexibility index (Phi) is 3.20. The summed E-state index contributed by atoms with van der Waals surface area (Å²) in [4.78, 5) is 22.4. The summed E-state index contributed by atoms with van der Waals surface area (Å²) in [5.74, 6) is 0.840. The Labute approximate surface area is 120 Å². The Hall–Kier alpha value is -1.17. The van der Waals surface area contributed by atoms with E-state index in [1.54, 1.807) is 12.4 Å². The molecule has 2 heterocycles. The number of hydrogen-bond donors (Lipinski definition) is 0. The molecule has 1 aromatic heterocycles. The van der Waals surface area contributed by atoms with Crippen molar-refractivity contribution in [1.29, 1.82) is 0 Å². The minimum Gasteiger partial charge on any atom is -0.469 e. The maximum Gasteiger partial charge on any atom is 0.309 e. The lowest BCUT2D eigenvalue weighted by Gasteiger charge is -2.32. The standard InChI is InChI=1S/C13H16BrN3O2/c1-19-11(18)10-6-13(10)2-4-17(5-3-13)12-15-7-9(14)8-16-12/h7-8,10H,2-6H2,1H3. The fourth-order valence-corrected chi connectivity index (χ4v) is 3.20. The summed E-state index contributed by atoms with van der Waals surface area (Å²) in [5.41, 5.74) is 0.193. The van der Waals surface area contributed by atoms with Crippen molar-refractivity contribution in [3.05, 3.63) is 16.9 Å². The lowest BCUT2D eigenvalue weighted by molar-refractivity contribution is -0.143. The SMILES string of the molecule is COC(=O)C1CC12CCN(c1ncc(Br)cn1)CC2. The van der Waals surface area contributed by atoms with Crippen LogP contribution in [-0.2, 0) is 9.53 Å². The first kappa shape index (κ1) is 12.8. The molecule has 1 aliphatic heterocycles. The lowest BCUT2D eigenvalue weighted by Crippen LogP contribution is -2.36. The van der Waals surface area contributed by atoms with Gasteiger partial charge in [-0.2, -0.15) is 0 Å². The first-order valence-corrected chi connectivity index (χ1v) is 7.24. The number of aromatic nitrogens is 2. The first-order valence-electron chi connectivity index (χ1n) is 6.45.